The summed E-state index contributed by atoms with van der Waals surface area (Å²) in [5, 5.41) is 9.87. The van der Waals surface area contributed by atoms with Gasteiger partial charge in [0.25, 0.3) is 0 Å². The lowest BCUT2D eigenvalue weighted by Gasteiger charge is -2.24. The maximum Gasteiger partial charge on any atom is 0.160 e. The van der Waals surface area contributed by atoms with Gasteiger partial charge < -0.3 is 9.84 Å². The molecule has 0 fully saturated rings. The second kappa shape index (κ2) is 5.39. The Hall–Kier alpha value is -1.26. The molecular weight excluding hydrogens is 276 g/mol. The minimum atomic E-state index is 0.208. The third-order valence-corrected chi connectivity index (χ3v) is 5.96. The van der Waals surface area contributed by atoms with Crippen LogP contribution in [0.4, 0.5) is 0 Å². The molecule has 1 N–H and O–H groups in total. The summed E-state index contributed by atoms with van der Waals surface area (Å²) in [6.45, 7) is 0. The van der Waals surface area contributed by atoms with E-state index < -0.39 is 0 Å². The van der Waals surface area contributed by atoms with Crippen molar-refractivity contribution in [3.05, 3.63) is 53.6 Å². The fraction of sp³-hybridized carbons (Fsp3) is 0.200. The van der Waals surface area contributed by atoms with Gasteiger partial charge in [0.05, 0.1) is 11.7 Å². The number of hydrogen-bond acceptors (Lipinski definition) is 4. The number of benzene rings is 2. The molecule has 0 bridgehead atoms. The highest BCUT2D eigenvalue weighted by Gasteiger charge is 2.21. The molecule has 2 aromatic rings. The molecule has 98 valence electrons. The Morgan fingerprint density at radius 1 is 1.21 bits per heavy atom. The van der Waals surface area contributed by atoms with Crippen LogP contribution in [-0.4, -0.2) is 12.2 Å². The number of phenols is 1. The largest absolute Gasteiger partial charge is 0.504 e. The Bertz CT molecular complexity index is 598. The van der Waals surface area contributed by atoms with E-state index >= 15 is 0 Å². The SMILES string of the molecule is COc1ccc([C@H]2SCc3ccccc3S2)cc1O. The zero-order valence-electron chi connectivity index (χ0n) is 10.5. The number of ether oxygens (including phenoxy) is 1. The van der Waals surface area contributed by atoms with Crippen molar-refractivity contribution in [2.75, 3.05) is 7.11 Å². The van der Waals surface area contributed by atoms with Gasteiger partial charge in [0, 0.05) is 10.6 Å². The number of rotatable bonds is 2. The average molecular weight is 290 g/mol. The molecule has 2 aromatic carbocycles. The minimum Gasteiger partial charge on any atom is -0.504 e. The molecule has 3 rings (SSSR count). The van der Waals surface area contributed by atoms with Crippen molar-refractivity contribution in [3.8, 4) is 11.5 Å². The second-order valence-corrected chi connectivity index (χ2v) is 6.84. The van der Waals surface area contributed by atoms with Crippen LogP contribution in [-0.2, 0) is 5.75 Å². The highest BCUT2D eigenvalue weighted by atomic mass is 32.2. The van der Waals surface area contributed by atoms with E-state index in [0.717, 1.165) is 11.3 Å². The van der Waals surface area contributed by atoms with Gasteiger partial charge in [0.1, 0.15) is 0 Å². The fourth-order valence-corrected chi connectivity index (χ4v) is 4.83. The van der Waals surface area contributed by atoms with Gasteiger partial charge in [-0.1, -0.05) is 24.3 Å². The summed E-state index contributed by atoms with van der Waals surface area (Å²) in [7, 11) is 1.56. The number of thioether (sulfide) groups is 2. The van der Waals surface area contributed by atoms with Crippen LogP contribution in [0, 0.1) is 0 Å². The summed E-state index contributed by atoms with van der Waals surface area (Å²) >= 11 is 3.74. The van der Waals surface area contributed by atoms with Gasteiger partial charge in [-0.15, -0.1) is 23.5 Å². The van der Waals surface area contributed by atoms with E-state index in [2.05, 4.69) is 24.3 Å². The molecule has 0 spiro atoms. The third-order valence-electron chi connectivity index (χ3n) is 3.07. The molecule has 1 atom stereocenters. The normalized spacial score (nSPS) is 17.8. The lowest BCUT2D eigenvalue weighted by atomic mass is 10.2. The van der Waals surface area contributed by atoms with Crippen LogP contribution in [0.25, 0.3) is 0 Å². The predicted molar refractivity (Wildman–Crippen MR) is 81.0 cm³/mol. The first-order valence-electron chi connectivity index (χ1n) is 6.01. The summed E-state index contributed by atoms with van der Waals surface area (Å²) < 4.78 is 5.41. The summed E-state index contributed by atoms with van der Waals surface area (Å²) in [5.41, 5.74) is 2.52. The Kier molecular flexibility index (Phi) is 3.62. The van der Waals surface area contributed by atoms with Gasteiger partial charge in [0.15, 0.2) is 11.5 Å². The van der Waals surface area contributed by atoms with Gasteiger partial charge in [-0.3, -0.25) is 0 Å². The lowest BCUT2D eigenvalue weighted by molar-refractivity contribution is 0.373. The van der Waals surface area contributed by atoms with Crippen molar-refractivity contribution in [1.82, 2.24) is 0 Å². The van der Waals surface area contributed by atoms with Crippen molar-refractivity contribution >= 4 is 23.5 Å². The van der Waals surface area contributed by atoms with Crippen LogP contribution in [0.5, 0.6) is 11.5 Å². The average Bonchev–Trinajstić information content (AvgIpc) is 2.46. The Balaban J connectivity index is 1.87. The lowest BCUT2D eigenvalue weighted by Crippen LogP contribution is -1.99. The maximum absolute atomic E-state index is 9.87. The smallest absolute Gasteiger partial charge is 0.160 e. The first kappa shape index (κ1) is 12.8. The number of methoxy groups -OCH3 is 1. The van der Waals surface area contributed by atoms with Crippen molar-refractivity contribution in [2.24, 2.45) is 0 Å². The van der Waals surface area contributed by atoms with Gasteiger partial charge in [-0.05, 0) is 29.3 Å². The number of aromatic hydroxyl groups is 1. The van der Waals surface area contributed by atoms with E-state index in [0.29, 0.717) is 10.3 Å². The van der Waals surface area contributed by atoms with E-state index in [1.54, 1.807) is 13.2 Å². The molecular formula is C15H14O2S2. The number of fused-ring (bicyclic) bond motifs is 1. The molecule has 0 saturated carbocycles. The van der Waals surface area contributed by atoms with E-state index in [1.165, 1.54) is 10.5 Å². The van der Waals surface area contributed by atoms with Gasteiger partial charge in [-0.2, -0.15) is 0 Å². The number of hydrogen-bond donors (Lipinski definition) is 1. The van der Waals surface area contributed by atoms with Gasteiger partial charge in [-0.25, -0.2) is 0 Å². The number of phenolic OH excluding ortho intramolecular Hbond substituents is 1. The predicted octanol–water partition coefficient (Wildman–Crippen LogP) is 4.44. The van der Waals surface area contributed by atoms with Crippen LogP contribution in [0.1, 0.15) is 15.7 Å². The maximum atomic E-state index is 9.87. The summed E-state index contributed by atoms with van der Waals surface area (Å²) in [6.07, 6.45) is 0. The standard InChI is InChI=1S/C15H14O2S2/c1-17-13-7-6-10(8-12(13)16)15-18-9-11-4-2-3-5-14(11)19-15/h2-8,15-16H,9H2,1H3/t15-/m0/s1. The van der Waals surface area contributed by atoms with Crippen molar-refractivity contribution in [1.29, 1.82) is 0 Å². The van der Waals surface area contributed by atoms with Crippen LogP contribution in [0.3, 0.4) is 0 Å². The molecule has 0 unspecified atom stereocenters. The summed E-state index contributed by atoms with van der Waals surface area (Å²) in [4.78, 5) is 1.33. The molecule has 1 aliphatic heterocycles. The zero-order chi connectivity index (χ0) is 13.2. The molecule has 0 amide bonds. The Morgan fingerprint density at radius 2 is 2.05 bits per heavy atom. The molecule has 0 aromatic heterocycles. The van der Waals surface area contributed by atoms with Crippen LogP contribution >= 0.6 is 23.5 Å². The zero-order valence-corrected chi connectivity index (χ0v) is 12.1. The highest BCUT2D eigenvalue weighted by molar-refractivity contribution is 8.16. The second-order valence-electron chi connectivity index (χ2n) is 4.30. The summed E-state index contributed by atoms with van der Waals surface area (Å²) in [5.74, 6) is 1.75. The van der Waals surface area contributed by atoms with Gasteiger partial charge >= 0.3 is 0 Å². The Labute approximate surface area is 121 Å². The third kappa shape index (κ3) is 2.55. The van der Waals surface area contributed by atoms with Crippen molar-refractivity contribution in [3.63, 3.8) is 0 Å². The minimum absolute atomic E-state index is 0.208. The Morgan fingerprint density at radius 3 is 2.84 bits per heavy atom. The molecule has 0 radical (unpaired) electrons. The highest BCUT2D eigenvalue weighted by Crippen LogP contribution is 2.51. The van der Waals surface area contributed by atoms with Crippen LogP contribution < -0.4 is 4.74 Å². The molecule has 1 aliphatic rings. The van der Waals surface area contributed by atoms with Crippen molar-refractivity contribution < 1.29 is 9.84 Å². The van der Waals surface area contributed by atoms with Crippen LogP contribution in [0.2, 0.25) is 0 Å². The first-order valence-corrected chi connectivity index (χ1v) is 7.94. The van der Waals surface area contributed by atoms with Gasteiger partial charge in [0.2, 0.25) is 0 Å². The van der Waals surface area contributed by atoms with E-state index in [9.17, 15) is 5.11 Å². The van der Waals surface area contributed by atoms with Crippen LogP contribution in [0.15, 0.2) is 47.4 Å². The fourth-order valence-electron chi connectivity index (χ4n) is 2.07. The molecule has 0 saturated heterocycles. The topological polar surface area (TPSA) is 29.5 Å². The summed E-state index contributed by atoms with van der Waals surface area (Å²) in [6, 6.07) is 14.2. The first-order chi connectivity index (χ1) is 9.28. The molecule has 0 aliphatic carbocycles. The van der Waals surface area contributed by atoms with Crippen molar-refractivity contribution in [2.45, 2.75) is 15.2 Å². The molecule has 19 heavy (non-hydrogen) atoms. The quantitative estimate of drug-likeness (QED) is 0.885. The molecule has 2 nitrogen and oxygen atoms in total. The van der Waals surface area contributed by atoms with E-state index in [1.807, 2.05) is 35.7 Å². The van der Waals surface area contributed by atoms with E-state index in [-0.39, 0.29) is 5.75 Å². The monoisotopic (exact) mass is 290 g/mol. The van der Waals surface area contributed by atoms with E-state index in [4.69, 9.17) is 4.74 Å². The molecule has 4 heteroatoms. The molecule has 1 heterocycles.